The molecule has 28 heavy (non-hydrogen) atoms. The molecule has 5 heteroatoms. The van der Waals surface area contributed by atoms with Crippen LogP contribution in [0.5, 0.6) is 5.75 Å². The van der Waals surface area contributed by atoms with E-state index in [0.717, 1.165) is 30.0 Å². The van der Waals surface area contributed by atoms with Crippen LogP contribution in [-0.2, 0) is 17.6 Å². The van der Waals surface area contributed by atoms with Crippen molar-refractivity contribution >= 4 is 17.3 Å². The molecule has 3 aromatic rings. The number of halogens is 1. The largest absolute Gasteiger partial charge is 0.496 e. The molecule has 0 aliphatic heterocycles. The summed E-state index contributed by atoms with van der Waals surface area (Å²) in [6, 6.07) is 21.7. The van der Waals surface area contributed by atoms with Crippen LogP contribution in [0, 0.1) is 5.82 Å². The number of rotatable bonds is 8. The molecule has 1 amide bonds. The number of hydrogen-bond donors (Lipinski definition) is 2. The maximum Gasteiger partial charge on any atom is 0.228 e. The smallest absolute Gasteiger partial charge is 0.228 e. The van der Waals surface area contributed by atoms with E-state index < -0.39 is 0 Å². The Hall–Kier alpha value is -3.34. The molecule has 0 saturated carbocycles. The first kappa shape index (κ1) is 19.4. The van der Waals surface area contributed by atoms with E-state index in [1.807, 2.05) is 42.5 Å². The highest BCUT2D eigenvalue weighted by Gasteiger charge is 2.08. The summed E-state index contributed by atoms with van der Waals surface area (Å²) in [6.45, 7) is 0.763. The van der Waals surface area contributed by atoms with Gasteiger partial charge in [0.25, 0.3) is 0 Å². The zero-order valence-corrected chi connectivity index (χ0v) is 15.7. The van der Waals surface area contributed by atoms with Crippen LogP contribution in [0.1, 0.15) is 11.1 Å². The molecule has 0 atom stereocenters. The third-order valence-corrected chi connectivity index (χ3v) is 4.39. The molecular weight excluding hydrogens is 355 g/mol. The van der Waals surface area contributed by atoms with E-state index in [0.29, 0.717) is 11.3 Å². The highest BCUT2D eigenvalue weighted by molar-refractivity contribution is 5.92. The van der Waals surface area contributed by atoms with Gasteiger partial charge in [-0.2, -0.15) is 0 Å². The summed E-state index contributed by atoms with van der Waals surface area (Å²) < 4.78 is 19.0. The first-order valence-corrected chi connectivity index (χ1v) is 9.15. The number of nitrogens with one attached hydrogen (secondary N) is 2. The van der Waals surface area contributed by atoms with E-state index >= 15 is 0 Å². The third kappa shape index (κ3) is 5.33. The number of carbonyl (C=O) groups excluding carboxylic acids is 1. The normalized spacial score (nSPS) is 10.4. The zero-order valence-electron chi connectivity index (χ0n) is 15.7. The molecule has 0 aliphatic carbocycles. The predicted octanol–water partition coefficient (Wildman–Crippen LogP) is 4.67. The number of methoxy groups -OCH3 is 1. The number of para-hydroxylation sites is 1. The minimum absolute atomic E-state index is 0.00554. The van der Waals surface area contributed by atoms with Gasteiger partial charge in [-0.05, 0) is 53.9 Å². The number of hydrogen-bond acceptors (Lipinski definition) is 3. The van der Waals surface area contributed by atoms with Gasteiger partial charge in [-0.25, -0.2) is 4.39 Å². The predicted molar refractivity (Wildman–Crippen MR) is 110 cm³/mol. The Morgan fingerprint density at radius 3 is 2.25 bits per heavy atom. The highest BCUT2D eigenvalue weighted by Crippen LogP contribution is 2.19. The first-order valence-electron chi connectivity index (χ1n) is 9.15. The molecule has 0 radical (unpaired) electrons. The fraction of sp³-hybridized carbons (Fsp3) is 0.174. The molecule has 0 unspecified atom stereocenters. The van der Waals surface area contributed by atoms with Crippen molar-refractivity contribution in [2.24, 2.45) is 0 Å². The van der Waals surface area contributed by atoms with Crippen LogP contribution in [0.4, 0.5) is 15.8 Å². The summed E-state index contributed by atoms with van der Waals surface area (Å²) in [5, 5.41) is 6.15. The van der Waals surface area contributed by atoms with Crippen LogP contribution in [0.2, 0.25) is 0 Å². The lowest BCUT2D eigenvalue weighted by Gasteiger charge is -2.11. The summed E-state index contributed by atoms with van der Waals surface area (Å²) in [6.07, 6.45) is 0.844. The van der Waals surface area contributed by atoms with Crippen molar-refractivity contribution in [3.05, 3.63) is 89.7 Å². The van der Waals surface area contributed by atoms with E-state index in [-0.39, 0.29) is 18.1 Å². The topological polar surface area (TPSA) is 50.4 Å². The molecule has 0 heterocycles. The van der Waals surface area contributed by atoms with Crippen LogP contribution >= 0.6 is 0 Å². The summed E-state index contributed by atoms with van der Waals surface area (Å²) in [5.41, 5.74) is 3.17. The van der Waals surface area contributed by atoms with Gasteiger partial charge < -0.3 is 15.4 Å². The molecule has 0 fully saturated rings. The van der Waals surface area contributed by atoms with Gasteiger partial charge in [-0.15, -0.1) is 0 Å². The maximum atomic E-state index is 13.6. The van der Waals surface area contributed by atoms with E-state index in [4.69, 9.17) is 4.74 Å². The Bertz CT molecular complexity index is 926. The standard InChI is InChI=1S/C23H23FN2O2/c1-28-22-9-5-3-6-17(22)14-15-25-19-10-12-20(13-11-19)26-23(27)16-18-7-2-4-8-21(18)24/h2-13,25H,14-16H2,1H3,(H,26,27). The van der Waals surface area contributed by atoms with Crippen molar-refractivity contribution in [2.75, 3.05) is 24.3 Å². The number of amides is 1. The average molecular weight is 378 g/mol. The Labute approximate surface area is 164 Å². The van der Waals surface area contributed by atoms with Crippen molar-refractivity contribution in [3.63, 3.8) is 0 Å². The first-order chi connectivity index (χ1) is 13.7. The highest BCUT2D eigenvalue weighted by atomic mass is 19.1. The van der Waals surface area contributed by atoms with Gasteiger partial charge in [0.05, 0.1) is 13.5 Å². The fourth-order valence-corrected chi connectivity index (χ4v) is 2.94. The quantitative estimate of drug-likeness (QED) is 0.599. The van der Waals surface area contributed by atoms with E-state index in [1.54, 1.807) is 25.3 Å². The average Bonchev–Trinajstić information content (AvgIpc) is 2.71. The molecular formula is C23H23FN2O2. The summed E-state index contributed by atoms with van der Waals surface area (Å²) in [4.78, 5) is 12.1. The van der Waals surface area contributed by atoms with E-state index in [2.05, 4.69) is 16.7 Å². The Morgan fingerprint density at radius 1 is 0.893 bits per heavy atom. The molecule has 0 saturated heterocycles. The van der Waals surface area contributed by atoms with Gasteiger partial charge in [0.15, 0.2) is 0 Å². The second kappa shape index (κ2) is 9.55. The number of carbonyl (C=O) groups is 1. The zero-order chi connectivity index (χ0) is 19.8. The summed E-state index contributed by atoms with van der Waals surface area (Å²) in [5.74, 6) is 0.270. The van der Waals surface area contributed by atoms with Crippen LogP contribution in [0.25, 0.3) is 0 Å². The fourth-order valence-electron chi connectivity index (χ4n) is 2.94. The molecule has 3 rings (SSSR count). The van der Waals surface area contributed by atoms with Crippen LogP contribution in [0.15, 0.2) is 72.8 Å². The van der Waals surface area contributed by atoms with Crippen LogP contribution in [-0.4, -0.2) is 19.6 Å². The van der Waals surface area contributed by atoms with Gasteiger partial charge in [-0.1, -0.05) is 36.4 Å². The summed E-state index contributed by atoms with van der Waals surface area (Å²) >= 11 is 0. The number of ether oxygens (including phenoxy) is 1. The number of benzene rings is 3. The molecule has 0 aromatic heterocycles. The lowest BCUT2D eigenvalue weighted by Crippen LogP contribution is -2.15. The molecule has 3 aromatic carbocycles. The molecule has 2 N–H and O–H groups in total. The molecule has 144 valence electrons. The lowest BCUT2D eigenvalue weighted by molar-refractivity contribution is -0.115. The van der Waals surface area contributed by atoms with Gasteiger partial charge in [0.1, 0.15) is 11.6 Å². The third-order valence-electron chi connectivity index (χ3n) is 4.39. The minimum atomic E-state index is -0.368. The van der Waals surface area contributed by atoms with Crippen molar-refractivity contribution in [1.82, 2.24) is 0 Å². The summed E-state index contributed by atoms with van der Waals surface area (Å²) in [7, 11) is 1.67. The van der Waals surface area contributed by atoms with Crippen molar-refractivity contribution in [3.8, 4) is 5.75 Å². The van der Waals surface area contributed by atoms with E-state index in [9.17, 15) is 9.18 Å². The van der Waals surface area contributed by atoms with Crippen molar-refractivity contribution in [2.45, 2.75) is 12.8 Å². The molecule has 0 aliphatic rings. The van der Waals surface area contributed by atoms with E-state index in [1.165, 1.54) is 6.07 Å². The van der Waals surface area contributed by atoms with Gasteiger partial charge in [-0.3, -0.25) is 4.79 Å². The van der Waals surface area contributed by atoms with Crippen LogP contribution in [0.3, 0.4) is 0 Å². The molecule has 0 bridgehead atoms. The Morgan fingerprint density at radius 2 is 1.54 bits per heavy atom. The second-order valence-corrected chi connectivity index (χ2v) is 6.38. The van der Waals surface area contributed by atoms with Crippen LogP contribution < -0.4 is 15.4 Å². The minimum Gasteiger partial charge on any atom is -0.496 e. The lowest BCUT2D eigenvalue weighted by atomic mass is 10.1. The SMILES string of the molecule is COc1ccccc1CCNc1ccc(NC(=O)Cc2ccccc2F)cc1. The van der Waals surface area contributed by atoms with Gasteiger partial charge >= 0.3 is 0 Å². The van der Waals surface area contributed by atoms with Gasteiger partial charge in [0.2, 0.25) is 5.91 Å². The molecule has 0 spiro atoms. The monoisotopic (exact) mass is 378 g/mol. The Balaban J connectivity index is 1.49. The van der Waals surface area contributed by atoms with Crippen molar-refractivity contribution in [1.29, 1.82) is 0 Å². The van der Waals surface area contributed by atoms with Crippen molar-refractivity contribution < 1.29 is 13.9 Å². The maximum absolute atomic E-state index is 13.6. The second-order valence-electron chi connectivity index (χ2n) is 6.38. The number of anilines is 2. The Kier molecular flexibility index (Phi) is 6.63. The molecule has 4 nitrogen and oxygen atoms in total. The van der Waals surface area contributed by atoms with Gasteiger partial charge in [0, 0.05) is 17.9 Å².